The van der Waals surface area contributed by atoms with E-state index in [2.05, 4.69) is 0 Å². The van der Waals surface area contributed by atoms with Gasteiger partial charge in [-0.05, 0) is 210 Å². The van der Waals surface area contributed by atoms with Gasteiger partial charge in [-0.2, -0.15) is 0 Å². The van der Waals surface area contributed by atoms with Gasteiger partial charge >= 0.3 is 0 Å². The van der Waals surface area contributed by atoms with Gasteiger partial charge in [-0.1, -0.05) is 103 Å². The molecule has 0 aromatic heterocycles. The molecule has 0 saturated heterocycles. The van der Waals surface area contributed by atoms with E-state index in [9.17, 15) is 0 Å². The van der Waals surface area contributed by atoms with E-state index in [0.29, 0.717) is 0 Å². The highest BCUT2D eigenvalue weighted by Gasteiger charge is 2.59. The maximum atomic E-state index is 1.64. The van der Waals surface area contributed by atoms with E-state index in [1.54, 1.807) is 148 Å². The van der Waals surface area contributed by atoms with Gasteiger partial charge in [-0.25, -0.2) is 0 Å². The molecular weight excluding hydrogens is 601 g/mol. The van der Waals surface area contributed by atoms with Crippen LogP contribution in [0.5, 0.6) is 0 Å². The minimum Gasteiger partial charge on any atom is -0.0533 e. The summed E-state index contributed by atoms with van der Waals surface area (Å²) in [5.41, 5.74) is 0. The van der Waals surface area contributed by atoms with Crippen molar-refractivity contribution in [2.75, 3.05) is 0 Å². The van der Waals surface area contributed by atoms with Crippen molar-refractivity contribution in [2.45, 2.75) is 218 Å². The van der Waals surface area contributed by atoms with Crippen molar-refractivity contribution in [3.8, 4) is 0 Å². The lowest BCUT2D eigenvalue weighted by Crippen LogP contribution is -2.38. The molecule has 15 aliphatic carbocycles. The summed E-state index contributed by atoms with van der Waals surface area (Å²) in [6.45, 7) is 0. The Balaban J connectivity index is 0.0000000828. The SMILES string of the molecule is C1C2CC3CC1CC(C2)C3.C1CC2C(C1)[C@H]1CC[C@@H]2C1.C1CC2CCC1C2.C1CCCC1.C1CCCCC1.C1C[C@H]2C[C@@H]1C1C2[C@@H]2CC[C@H]1C2. The van der Waals surface area contributed by atoms with Crippen LogP contribution in [0.3, 0.4) is 0 Å². The molecule has 0 aromatic rings. The van der Waals surface area contributed by atoms with E-state index in [1.165, 1.54) is 165 Å². The normalized spacial score (nSPS) is 50.9. The number of hydrogen-bond donors (Lipinski definition) is 0. The summed E-state index contributed by atoms with van der Waals surface area (Å²) in [4.78, 5) is 0. The lowest BCUT2D eigenvalue weighted by molar-refractivity contribution is 0.0198. The van der Waals surface area contributed by atoms with Gasteiger partial charge in [0.2, 0.25) is 0 Å². The summed E-state index contributed by atoms with van der Waals surface area (Å²) >= 11 is 0. The minimum absolute atomic E-state index is 1.17. The van der Waals surface area contributed by atoms with Crippen molar-refractivity contribution in [3.05, 3.63) is 0 Å². The van der Waals surface area contributed by atoms with Gasteiger partial charge in [0.15, 0.2) is 0 Å². The van der Waals surface area contributed by atoms with E-state index < -0.39 is 0 Å². The Morgan fingerprint density at radius 1 is 0.180 bits per heavy atom. The first-order valence-electron chi connectivity index (χ1n) is 24.7. The first kappa shape index (κ1) is 35.7. The molecule has 0 radical (unpaired) electrons. The summed E-state index contributed by atoms with van der Waals surface area (Å²) < 4.78 is 0. The number of hydrogen-bond acceptors (Lipinski definition) is 0. The Kier molecular flexibility index (Phi) is 12.0. The van der Waals surface area contributed by atoms with E-state index in [0.717, 1.165) is 0 Å². The van der Waals surface area contributed by atoms with Crippen LogP contribution in [0, 0.1) is 94.7 Å². The molecule has 15 rings (SSSR count). The molecular formula is C50H84. The van der Waals surface area contributed by atoms with Crippen LogP contribution < -0.4 is 0 Å². The molecule has 0 heteroatoms. The number of rotatable bonds is 0. The molecule has 15 aliphatic rings. The van der Waals surface area contributed by atoms with Crippen molar-refractivity contribution >= 4 is 0 Å². The highest BCUT2D eigenvalue weighted by atomic mass is 14.6. The molecule has 0 aliphatic heterocycles. The topological polar surface area (TPSA) is 0 Å². The van der Waals surface area contributed by atoms with Crippen LogP contribution in [0.2, 0.25) is 0 Å². The monoisotopic (exact) mass is 685 g/mol. The van der Waals surface area contributed by atoms with Crippen LogP contribution >= 0.6 is 0 Å². The fourth-order valence-electron chi connectivity index (χ4n) is 17.7. The van der Waals surface area contributed by atoms with Gasteiger partial charge in [0, 0.05) is 0 Å². The third-order valence-electron chi connectivity index (χ3n) is 19.4. The second-order valence-corrected chi connectivity index (χ2v) is 22.3. The van der Waals surface area contributed by atoms with Crippen LogP contribution in [0.15, 0.2) is 0 Å². The second-order valence-electron chi connectivity index (χ2n) is 22.3. The molecule has 10 atom stereocenters. The van der Waals surface area contributed by atoms with Crippen LogP contribution in [0.25, 0.3) is 0 Å². The molecule has 15 saturated carbocycles. The van der Waals surface area contributed by atoms with E-state index in [4.69, 9.17) is 0 Å². The molecule has 50 heavy (non-hydrogen) atoms. The minimum atomic E-state index is 1.17. The molecule has 0 spiro atoms. The fourth-order valence-corrected chi connectivity index (χ4v) is 17.7. The molecule has 0 amide bonds. The molecule has 0 aromatic carbocycles. The van der Waals surface area contributed by atoms with Gasteiger partial charge in [0.05, 0.1) is 0 Å². The van der Waals surface area contributed by atoms with Gasteiger partial charge in [0.1, 0.15) is 0 Å². The maximum Gasteiger partial charge on any atom is -0.0323 e. The summed E-state index contributed by atoms with van der Waals surface area (Å²) in [5, 5.41) is 0. The lowest BCUT2D eigenvalue weighted by Gasteiger charge is -2.49. The van der Waals surface area contributed by atoms with E-state index in [-0.39, 0.29) is 0 Å². The molecule has 0 N–H and O–H groups in total. The smallest absolute Gasteiger partial charge is 0.0323 e. The Morgan fingerprint density at radius 3 is 0.720 bits per heavy atom. The predicted molar refractivity (Wildman–Crippen MR) is 213 cm³/mol. The van der Waals surface area contributed by atoms with Gasteiger partial charge in [0.25, 0.3) is 0 Å². The van der Waals surface area contributed by atoms with E-state index >= 15 is 0 Å². The summed E-state index contributed by atoms with van der Waals surface area (Å²) in [5.74, 6) is 19.1. The van der Waals surface area contributed by atoms with Crippen LogP contribution in [0.1, 0.15) is 218 Å². The first-order valence-corrected chi connectivity index (χ1v) is 24.7. The lowest BCUT2D eigenvalue weighted by atomic mass is 9.56. The van der Waals surface area contributed by atoms with Crippen molar-refractivity contribution in [2.24, 2.45) is 94.7 Å². The van der Waals surface area contributed by atoms with Crippen molar-refractivity contribution < 1.29 is 0 Å². The standard InChI is InChI=1S/C12H18.2C10H16.C7H12.C6H12.C5H10/c1-2-8-5-7(1)11-9-3-4-10(6-9)12(8)11;1-7-2-9-4-8(1)5-10(3-7)6-9;1-2-9-7-4-5-8(6-7)10(9)3-1;1-2-7-4-3-6(1)5-7;1-2-4-6-5-3-1;1-2-4-5-3-1/h7-12H,1-6H2;2*7-10H,1-6H2;6-7H,1-5H2;1-6H2;1-5H2/t7-,8+,9+,10-,11?,12?;;7-,8+,9?,10?;;;. The fraction of sp³-hybridized carbons (Fsp3) is 1.00. The largest absolute Gasteiger partial charge is 0.0533 e. The third kappa shape index (κ3) is 8.16. The average molecular weight is 685 g/mol. The van der Waals surface area contributed by atoms with Crippen LogP contribution in [-0.4, -0.2) is 0 Å². The second kappa shape index (κ2) is 16.8. The Labute approximate surface area is 312 Å². The van der Waals surface area contributed by atoms with Crippen molar-refractivity contribution in [1.29, 1.82) is 0 Å². The third-order valence-corrected chi connectivity index (χ3v) is 19.4. The summed E-state index contributed by atoms with van der Waals surface area (Å²) in [6, 6.07) is 0. The predicted octanol–water partition coefficient (Wildman–Crippen LogP) is 15.2. The molecule has 0 heterocycles. The Morgan fingerprint density at radius 2 is 0.440 bits per heavy atom. The average Bonchev–Trinajstić information content (AvgIpc) is 4.03. The van der Waals surface area contributed by atoms with Gasteiger partial charge < -0.3 is 0 Å². The number of fused-ring (bicyclic) bond motifs is 16. The molecule has 4 unspecified atom stereocenters. The quantitative estimate of drug-likeness (QED) is 0.223. The van der Waals surface area contributed by atoms with Crippen molar-refractivity contribution in [1.82, 2.24) is 0 Å². The zero-order valence-electron chi connectivity index (χ0n) is 33.3. The zero-order valence-corrected chi connectivity index (χ0v) is 33.3. The van der Waals surface area contributed by atoms with Gasteiger partial charge in [-0.3, -0.25) is 0 Å². The zero-order chi connectivity index (χ0) is 33.3. The highest BCUT2D eigenvalue weighted by Crippen LogP contribution is 2.67. The Hall–Kier alpha value is 0. The summed E-state index contributed by atoms with van der Waals surface area (Å²) in [6.07, 6.45) is 53.2. The molecule has 0 nitrogen and oxygen atoms in total. The molecule has 15 fully saturated rings. The van der Waals surface area contributed by atoms with Crippen LogP contribution in [0.4, 0.5) is 0 Å². The molecule has 284 valence electrons. The maximum absolute atomic E-state index is 1.64. The molecule has 12 bridgehead atoms. The Bertz CT molecular complexity index is 879. The van der Waals surface area contributed by atoms with Crippen LogP contribution in [-0.2, 0) is 0 Å². The first-order chi connectivity index (χ1) is 24.7. The van der Waals surface area contributed by atoms with Gasteiger partial charge in [-0.15, -0.1) is 0 Å². The van der Waals surface area contributed by atoms with E-state index in [1.807, 2.05) is 0 Å². The highest BCUT2D eigenvalue weighted by molar-refractivity contribution is 5.08. The summed E-state index contributed by atoms with van der Waals surface area (Å²) in [7, 11) is 0. The van der Waals surface area contributed by atoms with Crippen molar-refractivity contribution in [3.63, 3.8) is 0 Å².